The molecule has 0 fully saturated rings. The Kier molecular flexibility index (Phi) is 5.94. The lowest BCUT2D eigenvalue weighted by molar-refractivity contribution is 0.539. The molecule has 0 unspecified atom stereocenters. The SMILES string of the molecule is Cc1ccc(SCCc2ccc(-n3c(C(C)(C)C)nc4c(C)nc(C)cc43)cc2)cc1. The maximum atomic E-state index is 5.01. The summed E-state index contributed by atoms with van der Waals surface area (Å²) in [5.74, 6) is 2.15. The first-order valence-corrected chi connectivity index (χ1v) is 11.9. The highest BCUT2D eigenvalue weighted by Crippen LogP contribution is 2.31. The second kappa shape index (κ2) is 8.51. The van der Waals surface area contributed by atoms with Gasteiger partial charge in [0.2, 0.25) is 0 Å². The number of imidazole rings is 1. The molecule has 0 bridgehead atoms. The van der Waals surface area contributed by atoms with E-state index in [4.69, 9.17) is 4.98 Å². The van der Waals surface area contributed by atoms with E-state index in [1.54, 1.807) is 0 Å². The maximum Gasteiger partial charge on any atom is 0.119 e. The van der Waals surface area contributed by atoms with Crippen LogP contribution in [0.15, 0.2) is 59.5 Å². The molecular formula is C27H31N3S. The van der Waals surface area contributed by atoms with Crippen LogP contribution in [-0.4, -0.2) is 20.3 Å². The molecule has 0 saturated heterocycles. The highest BCUT2D eigenvalue weighted by Gasteiger charge is 2.25. The quantitative estimate of drug-likeness (QED) is 0.321. The van der Waals surface area contributed by atoms with Crippen molar-refractivity contribution in [3.63, 3.8) is 0 Å². The Balaban J connectivity index is 1.60. The topological polar surface area (TPSA) is 30.7 Å². The molecule has 0 aliphatic rings. The van der Waals surface area contributed by atoms with Crippen molar-refractivity contribution in [2.24, 2.45) is 0 Å². The number of hydrogen-bond donors (Lipinski definition) is 0. The Morgan fingerprint density at radius 3 is 2.19 bits per heavy atom. The second-order valence-corrected chi connectivity index (χ2v) is 10.5. The van der Waals surface area contributed by atoms with Crippen LogP contribution in [0.25, 0.3) is 16.7 Å². The predicted octanol–water partition coefficient (Wildman–Crippen LogP) is 6.98. The Hall–Kier alpha value is -2.59. The van der Waals surface area contributed by atoms with Crippen molar-refractivity contribution in [2.75, 3.05) is 5.75 Å². The summed E-state index contributed by atoms with van der Waals surface area (Å²) in [6, 6.07) is 19.9. The Morgan fingerprint density at radius 1 is 0.871 bits per heavy atom. The number of aryl methyl sites for hydroxylation is 4. The van der Waals surface area contributed by atoms with E-state index < -0.39 is 0 Å². The fourth-order valence-electron chi connectivity index (χ4n) is 3.88. The van der Waals surface area contributed by atoms with Crippen molar-refractivity contribution >= 4 is 22.8 Å². The fourth-order valence-corrected chi connectivity index (χ4v) is 4.78. The van der Waals surface area contributed by atoms with Gasteiger partial charge in [-0.3, -0.25) is 9.55 Å². The first kappa shape index (κ1) is 21.6. The van der Waals surface area contributed by atoms with Crippen molar-refractivity contribution in [3.8, 4) is 5.69 Å². The standard InChI is InChI=1S/C27H31N3S/c1-18-7-13-23(14-8-18)31-16-15-21-9-11-22(12-10-21)30-24-17-19(2)28-20(3)25(24)29-26(30)27(4,5)6/h7-14,17H,15-16H2,1-6H3. The summed E-state index contributed by atoms with van der Waals surface area (Å²) < 4.78 is 2.31. The van der Waals surface area contributed by atoms with Gasteiger partial charge in [-0.25, -0.2) is 4.98 Å². The van der Waals surface area contributed by atoms with Gasteiger partial charge in [0.25, 0.3) is 0 Å². The number of rotatable bonds is 5. The molecule has 160 valence electrons. The Morgan fingerprint density at radius 2 is 1.55 bits per heavy atom. The van der Waals surface area contributed by atoms with Gasteiger partial charge in [-0.05, 0) is 63.1 Å². The number of nitrogens with zero attached hydrogens (tertiary/aromatic N) is 3. The molecule has 0 aliphatic carbocycles. The van der Waals surface area contributed by atoms with Crippen LogP contribution in [0.2, 0.25) is 0 Å². The van der Waals surface area contributed by atoms with E-state index in [1.807, 2.05) is 18.7 Å². The van der Waals surface area contributed by atoms with Crippen molar-refractivity contribution < 1.29 is 0 Å². The molecule has 4 rings (SSSR count). The monoisotopic (exact) mass is 429 g/mol. The van der Waals surface area contributed by atoms with E-state index in [0.717, 1.165) is 46.1 Å². The van der Waals surface area contributed by atoms with Gasteiger partial charge in [-0.1, -0.05) is 50.6 Å². The van der Waals surface area contributed by atoms with Crippen LogP contribution in [-0.2, 0) is 11.8 Å². The lowest BCUT2D eigenvalue weighted by atomic mass is 9.95. The zero-order chi connectivity index (χ0) is 22.2. The largest absolute Gasteiger partial charge is 0.296 e. The summed E-state index contributed by atoms with van der Waals surface area (Å²) in [5.41, 5.74) is 7.91. The molecule has 4 aromatic rings. The zero-order valence-corrected chi connectivity index (χ0v) is 20.2. The maximum absolute atomic E-state index is 5.01. The molecule has 2 aromatic carbocycles. The van der Waals surface area contributed by atoms with Gasteiger partial charge in [0, 0.05) is 27.4 Å². The average molecular weight is 430 g/mol. The summed E-state index contributed by atoms with van der Waals surface area (Å²) in [4.78, 5) is 11.0. The Labute approximate surface area is 189 Å². The molecule has 4 heteroatoms. The van der Waals surface area contributed by atoms with Crippen LogP contribution in [0.1, 0.15) is 49.1 Å². The lowest BCUT2D eigenvalue weighted by Gasteiger charge is -2.20. The van der Waals surface area contributed by atoms with Crippen LogP contribution in [0.3, 0.4) is 0 Å². The number of fused-ring (bicyclic) bond motifs is 1. The average Bonchev–Trinajstić information content (AvgIpc) is 3.10. The molecule has 2 aromatic heterocycles. The molecule has 3 nitrogen and oxygen atoms in total. The molecule has 0 atom stereocenters. The fraction of sp³-hybridized carbons (Fsp3) is 0.333. The molecule has 0 radical (unpaired) electrons. The second-order valence-electron chi connectivity index (χ2n) is 9.32. The van der Waals surface area contributed by atoms with Gasteiger partial charge < -0.3 is 0 Å². The molecule has 0 spiro atoms. The van der Waals surface area contributed by atoms with Gasteiger partial charge >= 0.3 is 0 Å². The molecule has 0 saturated carbocycles. The molecule has 0 N–H and O–H groups in total. The van der Waals surface area contributed by atoms with Crippen LogP contribution in [0.4, 0.5) is 0 Å². The van der Waals surface area contributed by atoms with Crippen molar-refractivity contribution in [3.05, 3.63) is 82.9 Å². The summed E-state index contributed by atoms with van der Waals surface area (Å²) >= 11 is 1.91. The number of pyridine rings is 1. The van der Waals surface area contributed by atoms with Crippen molar-refractivity contribution in [1.82, 2.24) is 14.5 Å². The number of thioether (sulfide) groups is 1. The minimum absolute atomic E-state index is 0.0668. The third-order valence-electron chi connectivity index (χ3n) is 5.49. The molecule has 0 amide bonds. The number of aromatic nitrogens is 3. The van der Waals surface area contributed by atoms with E-state index in [-0.39, 0.29) is 5.41 Å². The van der Waals surface area contributed by atoms with Crippen LogP contribution in [0, 0.1) is 20.8 Å². The first-order valence-electron chi connectivity index (χ1n) is 10.9. The minimum Gasteiger partial charge on any atom is -0.296 e. The van der Waals surface area contributed by atoms with E-state index in [1.165, 1.54) is 16.0 Å². The lowest BCUT2D eigenvalue weighted by Crippen LogP contribution is -2.18. The summed E-state index contributed by atoms with van der Waals surface area (Å²) in [5, 5.41) is 0. The van der Waals surface area contributed by atoms with Gasteiger partial charge in [0.1, 0.15) is 11.3 Å². The molecular weight excluding hydrogens is 398 g/mol. The smallest absolute Gasteiger partial charge is 0.119 e. The van der Waals surface area contributed by atoms with Crippen molar-refractivity contribution in [1.29, 1.82) is 0 Å². The van der Waals surface area contributed by atoms with Gasteiger partial charge in [-0.15, -0.1) is 11.8 Å². The predicted molar refractivity (Wildman–Crippen MR) is 133 cm³/mol. The summed E-state index contributed by atoms with van der Waals surface area (Å²) in [7, 11) is 0. The third-order valence-corrected chi connectivity index (χ3v) is 6.50. The van der Waals surface area contributed by atoms with Gasteiger partial charge in [0.05, 0.1) is 11.2 Å². The van der Waals surface area contributed by atoms with E-state index in [9.17, 15) is 0 Å². The van der Waals surface area contributed by atoms with Crippen LogP contribution < -0.4 is 0 Å². The molecule has 2 heterocycles. The van der Waals surface area contributed by atoms with Crippen LogP contribution in [0.5, 0.6) is 0 Å². The van der Waals surface area contributed by atoms with E-state index in [0.29, 0.717) is 0 Å². The minimum atomic E-state index is -0.0668. The highest BCUT2D eigenvalue weighted by atomic mass is 32.2. The van der Waals surface area contributed by atoms with Crippen LogP contribution >= 0.6 is 11.8 Å². The highest BCUT2D eigenvalue weighted by molar-refractivity contribution is 7.99. The third kappa shape index (κ3) is 4.69. The molecule has 0 aliphatic heterocycles. The summed E-state index contributed by atoms with van der Waals surface area (Å²) in [6.45, 7) is 12.9. The zero-order valence-electron chi connectivity index (χ0n) is 19.4. The van der Waals surface area contributed by atoms with Gasteiger partial charge in [-0.2, -0.15) is 0 Å². The number of benzene rings is 2. The molecule has 31 heavy (non-hydrogen) atoms. The number of hydrogen-bond acceptors (Lipinski definition) is 3. The van der Waals surface area contributed by atoms with Crippen molar-refractivity contribution in [2.45, 2.75) is 58.3 Å². The van der Waals surface area contributed by atoms with E-state index >= 15 is 0 Å². The Bertz CT molecular complexity index is 1200. The van der Waals surface area contributed by atoms with Gasteiger partial charge in [0.15, 0.2) is 0 Å². The summed E-state index contributed by atoms with van der Waals surface area (Å²) in [6.07, 6.45) is 1.05. The first-order chi connectivity index (χ1) is 14.7. The van der Waals surface area contributed by atoms with E-state index in [2.05, 4.69) is 98.8 Å². The normalized spacial score (nSPS) is 11.9.